The number of carbonyl (C=O) groups is 2. The van der Waals surface area contributed by atoms with Crippen molar-refractivity contribution in [2.45, 2.75) is 13.8 Å². The van der Waals surface area contributed by atoms with E-state index in [1.54, 1.807) is 49.6 Å². The Morgan fingerprint density at radius 3 is 2.63 bits per heavy atom. The first-order chi connectivity index (χ1) is 12.9. The second-order valence-corrected chi connectivity index (χ2v) is 6.32. The summed E-state index contributed by atoms with van der Waals surface area (Å²) in [4.78, 5) is 26.1. The third-order valence-corrected chi connectivity index (χ3v) is 4.15. The maximum absolute atomic E-state index is 12.4. The van der Waals surface area contributed by atoms with Gasteiger partial charge in [-0.1, -0.05) is 17.7 Å². The third-order valence-electron chi connectivity index (χ3n) is 3.91. The SMILES string of the molecule is CCN(CC(=O)Nc1cccc(OC)c1)C(=O)COc1ccc(Cl)cc1C. The summed E-state index contributed by atoms with van der Waals surface area (Å²) in [5, 5.41) is 3.36. The zero-order chi connectivity index (χ0) is 19.8. The van der Waals surface area contributed by atoms with Gasteiger partial charge in [-0.05, 0) is 49.7 Å². The quantitative estimate of drug-likeness (QED) is 0.748. The van der Waals surface area contributed by atoms with Gasteiger partial charge in [0, 0.05) is 23.3 Å². The highest BCUT2D eigenvalue weighted by molar-refractivity contribution is 6.30. The lowest BCUT2D eigenvalue weighted by Gasteiger charge is -2.21. The number of nitrogens with one attached hydrogen (secondary N) is 1. The van der Waals surface area contributed by atoms with E-state index in [0.29, 0.717) is 28.8 Å². The average molecular weight is 391 g/mol. The van der Waals surface area contributed by atoms with Gasteiger partial charge in [0.05, 0.1) is 13.7 Å². The molecule has 0 saturated heterocycles. The van der Waals surface area contributed by atoms with E-state index in [0.717, 1.165) is 5.56 Å². The predicted molar refractivity (Wildman–Crippen MR) is 106 cm³/mol. The van der Waals surface area contributed by atoms with E-state index in [-0.39, 0.29) is 25.0 Å². The second-order valence-electron chi connectivity index (χ2n) is 5.89. The highest BCUT2D eigenvalue weighted by Gasteiger charge is 2.17. The van der Waals surface area contributed by atoms with E-state index >= 15 is 0 Å². The molecule has 0 fully saturated rings. The molecule has 27 heavy (non-hydrogen) atoms. The number of ether oxygens (including phenoxy) is 2. The number of rotatable bonds is 8. The highest BCUT2D eigenvalue weighted by atomic mass is 35.5. The number of methoxy groups -OCH3 is 1. The number of aryl methyl sites for hydroxylation is 1. The zero-order valence-corrected chi connectivity index (χ0v) is 16.4. The summed E-state index contributed by atoms with van der Waals surface area (Å²) < 4.78 is 10.7. The number of likely N-dealkylation sites (N-methyl/N-ethyl adjacent to an activating group) is 1. The molecule has 0 aromatic heterocycles. The smallest absolute Gasteiger partial charge is 0.260 e. The van der Waals surface area contributed by atoms with Crippen molar-refractivity contribution < 1.29 is 19.1 Å². The van der Waals surface area contributed by atoms with E-state index in [4.69, 9.17) is 21.1 Å². The number of nitrogens with zero attached hydrogens (tertiary/aromatic N) is 1. The standard InChI is InChI=1S/C20H23ClN2O4/c1-4-23(12-19(24)22-16-6-5-7-17(11-16)26-3)20(25)13-27-18-9-8-15(21)10-14(18)2/h5-11H,4,12-13H2,1-3H3,(H,22,24). The first-order valence-electron chi connectivity index (χ1n) is 8.53. The molecule has 0 bridgehead atoms. The van der Waals surface area contributed by atoms with E-state index < -0.39 is 0 Å². The molecule has 0 radical (unpaired) electrons. The molecule has 1 N–H and O–H groups in total. The lowest BCUT2D eigenvalue weighted by Crippen LogP contribution is -2.40. The minimum atomic E-state index is -0.291. The Morgan fingerprint density at radius 1 is 1.19 bits per heavy atom. The van der Waals surface area contributed by atoms with Gasteiger partial charge in [-0.25, -0.2) is 0 Å². The van der Waals surface area contributed by atoms with Gasteiger partial charge in [0.15, 0.2) is 6.61 Å². The first kappa shape index (κ1) is 20.6. The van der Waals surface area contributed by atoms with Crippen LogP contribution in [-0.4, -0.2) is 43.5 Å². The van der Waals surface area contributed by atoms with Crippen LogP contribution in [0.3, 0.4) is 0 Å². The van der Waals surface area contributed by atoms with Crippen LogP contribution in [0.1, 0.15) is 12.5 Å². The largest absolute Gasteiger partial charge is 0.497 e. The number of hydrogen-bond donors (Lipinski definition) is 1. The molecule has 2 aromatic carbocycles. The molecule has 2 amide bonds. The number of amides is 2. The topological polar surface area (TPSA) is 67.9 Å². The van der Waals surface area contributed by atoms with Crippen LogP contribution in [0.25, 0.3) is 0 Å². The van der Waals surface area contributed by atoms with Crippen molar-refractivity contribution in [2.75, 3.05) is 32.1 Å². The zero-order valence-electron chi connectivity index (χ0n) is 15.6. The van der Waals surface area contributed by atoms with Gasteiger partial charge >= 0.3 is 0 Å². The minimum Gasteiger partial charge on any atom is -0.497 e. The molecule has 0 atom stereocenters. The Balaban J connectivity index is 1.90. The van der Waals surface area contributed by atoms with Crippen molar-refractivity contribution >= 4 is 29.1 Å². The Kier molecular flexibility index (Phi) is 7.49. The van der Waals surface area contributed by atoms with Crippen molar-refractivity contribution in [3.05, 3.63) is 53.1 Å². The Morgan fingerprint density at radius 2 is 1.96 bits per heavy atom. The lowest BCUT2D eigenvalue weighted by molar-refractivity contribution is -0.136. The lowest BCUT2D eigenvalue weighted by atomic mass is 10.2. The number of anilines is 1. The van der Waals surface area contributed by atoms with Crippen LogP contribution in [0.15, 0.2) is 42.5 Å². The summed E-state index contributed by atoms with van der Waals surface area (Å²) in [6.45, 7) is 3.85. The molecule has 0 aliphatic carbocycles. The first-order valence-corrected chi connectivity index (χ1v) is 8.91. The van der Waals surface area contributed by atoms with E-state index in [2.05, 4.69) is 5.32 Å². The number of hydrogen-bond acceptors (Lipinski definition) is 4. The molecule has 0 spiro atoms. The van der Waals surface area contributed by atoms with Gasteiger partial charge in [-0.15, -0.1) is 0 Å². The molecule has 7 heteroatoms. The molecule has 0 heterocycles. The van der Waals surface area contributed by atoms with Crippen LogP contribution in [0, 0.1) is 6.92 Å². The van der Waals surface area contributed by atoms with Gasteiger partial charge < -0.3 is 19.7 Å². The van der Waals surface area contributed by atoms with Crippen molar-refractivity contribution in [2.24, 2.45) is 0 Å². The molecular weight excluding hydrogens is 368 g/mol. The molecule has 144 valence electrons. The maximum atomic E-state index is 12.4. The van der Waals surface area contributed by atoms with Crippen LogP contribution in [0.2, 0.25) is 5.02 Å². The fourth-order valence-corrected chi connectivity index (χ4v) is 2.68. The summed E-state index contributed by atoms with van der Waals surface area (Å²) in [6, 6.07) is 12.2. The Bertz CT molecular complexity index is 810. The van der Waals surface area contributed by atoms with Crippen molar-refractivity contribution in [1.82, 2.24) is 4.90 Å². The molecule has 0 aliphatic heterocycles. The van der Waals surface area contributed by atoms with E-state index in [1.807, 2.05) is 13.8 Å². The summed E-state index contributed by atoms with van der Waals surface area (Å²) in [5.41, 5.74) is 1.45. The molecule has 6 nitrogen and oxygen atoms in total. The molecule has 0 aliphatic rings. The van der Waals surface area contributed by atoms with Crippen LogP contribution in [-0.2, 0) is 9.59 Å². The Hall–Kier alpha value is -2.73. The van der Waals surface area contributed by atoms with Gasteiger partial charge in [-0.2, -0.15) is 0 Å². The predicted octanol–water partition coefficient (Wildman–Crippen LogP) is 3.52. The van der Waals surface area contributed by atoms with Gasteiger partial charge in [0.25, 0.3) is 5.91 Å². The van der Waals surface area contributed by atoms with Crippen LogP contribution >= 0.6 is 11.6 Å². The molecule has 2 rings (SSSR count). The van der Waals surface area contributed by atoms with Crippen LogP contribution in [0.5, 0.6) is 11.5 Å². The van der Waals surface area contributed by atoms with Crippen LogP contribution in [0.4, 0.5) is 5.69 Å². The summed E-state index contributed by atoms with van der Waals surface area (Å²) in [6.07, 6.45) is 0. The molecule has 2 aromatic rings. The highest BCUT2D eigenvalue weighted by Crippen LogP contribution is 2.21. The average Bonchev–Trinajstić information content (AvgIpc) is 2.65. The number of halogens is 1. The monoisotopic (exact) mass is 390 g/mol. The second kappa shape index (κ2) is 9.83. The van der Waals surface area contributed by atoms with Crippen molar-refractivity contribution in [3.8, 4) is 11.5 Å². The Labute approximate surface area is 164 Å². The molecule has 0 unspecified atom stereocenters. The fourth-order valence-electron chi connectivity index (χ4n) is 2.46. The molecule has 0 saturated carbocycles. The maximum Gasteiger partial charge on any atom is 0.260 e. The van der Waals surface area contributed by atoms with Gasteiger partial charge in [-0.3, -0.25) is 9.59 Å². The summed E-state index contributed by atoms with van der Waals surface area (Å²) >= 11 is 5.91. The van der Waals surface area contributed by atoms with Gasteiger partial charge in [0.1, 0.15) is 11.5 Å². The van der Waals surface area contributed by atoms with Crippen LogP contribution < -0.4 is 14.8 Å². The van der Waals surface area contributed by atoms with Gasteiger partial charge in [0.2, 0.25) is 5.91 Å². The third kappa shape index (κ3) is 6.18. The van der Waals surface area contributed by atoms with E-state index in [9.17, 15) is 9.59 Å². The van der Waals surface area contributed by atoms with E-state index in [1.165, 1.54) is 4.90 Å². The molecular formula is C20H23ClN2O4. The van der Waals surface area contributed by atoms with Crippen molar-refractivity contribution in [3.63, 3.8) is 0 Å². The summed E-state index contributed by atoms with van der Waals surface area (Å²) in [5.74, 6) is 0.668. The normalized spacial score (nSPS) is 10.2. The fraction of sp³-hybridized carbons (Fsp3) is 0.300. The minimum absolute atomic E-state index is 0.0600. The number of benzene rings is 2. The number of carbonyl (C=O) groups excluding carboxylic acids is 2. The summed E-state index contributed by atoms with van der Waals surface area (Å²) in [7, 11) is 1.56. The van der Waals surface area contributed by atoms with Crippen molar-refractivity contribution in [1.29, 1.82) is 0 Å².